The summed E-state index contributed by atoms with van der Waals surface area (Å²) in [4.78, 5) is 12.9. The number of hydrogen-bond donors (Lipinski definition) is 0. The van der Waals surface area contributed by atoms with E-state index in [9.17, 15) is 26.7 Å². The fraction of sp³-hybridized carbons (Fsp3) is 0.368. The number of benzene rings is 1. The first-order valence-corrected chi connectivity index (χ1v) is 9.83. The first-order valence-electron chi connectivity index (χ1n) is 8.57. The summed E-state index contributed by atoms with van der Waals surface area (Å²) in [6, 6.07) is 2.72. The number of halogens is 6. The monoisotopic (exact) mass is 468 g/mol. The van der Waals surface area contributed by atoms with E-state index in [0.717, 1.165) is 12.1 Å². The van der Waals surface area contributed by atoms with Crippen LogP contribution in [0.15, 0.2) is 46.2 Å². The van der Waals surface area contributed by atoms with Crippen molar-refractivity contribution in [2.45, 2.75) is 49.7 Å². The van der Waals surface area contributed by atoms with Crippen molar-refractivity contribution in [3.05, 3.63) is 63.0 Å². The van der Waals surface area contributed by atoms with Crippen molar-refractivity contribution in [1.29, 1.82) is 0 Å². The molecule has 0 saturated heterocycles. The summed E-state index contributed by atoms with van der Waals surface area (Å²) in [5, 5.41) is 3.88. The Bertz CT molecular complexity index is 998. The van der Waals surface area contributed by atoms with Gasteiger partial charge in [-0.05, 0) is 33.3 Å². The molecule has 0 N–H and O–H groups in total. The van der Waals surface area contributed by atoms with E-state index in [1.807, 2.05) is 20.8 Å². The van der Waals surface area contributed by atoms with Gasteiger partial charge in [-0.15, -0.1) is 24.9 Å². The molecule has 0 saturated carbocycles. The second-order valence-corrected chi connectivity index (χ2v) is 8.99. The molecule has 2 rings (SSSR count). The molecule has 0 radical (unpaired) electrons. The van der Waals surface area contributed by atoms with Gasteiger partial charge in [0.15, 0.2) is 0 Å². The van der Waals surface area contributed by atoms with Crippen molar-refractivity contribution >= 4 is 29.2 Å². The van der Waals surface area contributed by atoms with Gasteiger partial charge in [0.2, 0.25) is 5.83 Å². The van der Waals surface area contributed by atoms with Gasteiger partial charge < -0.3 is 4.74 Å². The Hall–Kier alpha value is -2.07. The molecule has 0 aliphatic carbocycles. The smallest absolute Gasteiger partial charge is 0.376 e. The molecule has 0 bridgehead atoms. The molecule has 0 aliphatic heterocycles. The summed E-state index contributed by atoms with van der Waals surface area (Å²) in [5.74, 6) is -1.77. The van der Waals surface area contributed by atoms with E-state index in [-0.39, 0.29) is 10.3 Å². The van der Waals surface area contributed by atoms with Crippen LogP contribution in [-0.4, -0.2) is 16.1 Å². The first-order chi connectivity index (χ1) is 13.7. The zero-order chi connectivity index (χ0) is 22.9. The number of alkyl halides is 3. The summed E-state index contributed by atoms with van der Waals surface area (Å²) < 4.78 is 67.2. The van der Waals surface area contributed by atoms with Crippen molar-refractivity contribution in [2.75, 3.05) is 0 Å². The van der Waals surface area contributed by atoms with Gasteiger partial charge in [0.05, 0.1) is 16.6 Å². The molecule has 11 heteroatoms. The zero-order valence-corrected chi connectivity index (χ0v) is 17.9. The minimum atomic E-state index is -5.33. The average molecular weight is 469 g/mol. The summed E-state index contributed by atoms with van der Waals surface area (Å²) in [6.07, 6.45) is -3.86. The lowest BCUT2D eigenvalue weighted by atomic mass is 10.1. The van der Waals surface area contributed by atoms with Gasteiger partial charge >= 0.3 is 12.4 Å². The molecule has 1 heterocycles. The number of thioether (sulfide) groups is 1. The van der Waals surface area contributed by atoms with E-state index >= 15 is 0 Å². The minimum Gasteiger partial charge on any atom is -0.376 e. The number of hydrogen-bond acceptors (Lipinski definition) is 4. The highest BCUT2D eigenvalue weighted by Gasteiger charge is 2.34. The van der Waals surface area contributed by atoms with E-state index in [2.05, 4.69) is 9.84 Å². The molecule has 0 fully saturated rings. The van der Waals surface area contributed by atoms with E-state index < -0.39 is 34.9 Å². The normalized spacial score (nSPS) is 14.3. The van der Waals surface area contributed by atoms with E-state index in [0.29, 0.717) is 10.5 Å². The van der Waals surface area contributed by atoms with Gasteiger partial charge in [-0.2, -0.15) is 13.9 Å². The summed E-state index contributed by atoms with van der Waals surface area (Å²) in [6.45, 7) is 7.21. The van der Waals surface area contributed by atoms with Gasteiger partial charge in [0.25, 0.3) is 5.56 Å². The highest BCUT2D eigenvalue weighted by molar-refractivity contribution is 7.99. The van der Waals surface area contributed by atoms with Gasteiger partial charge in [-0.3, -0.25) is 4.79 Å². The summed E-state index contributed by atoms with van der Waals surface area (Å²) in [5.41, 5.74) is -0.757. The van der Waals surface area contributed by atoms with E-state index in [1.165, 1.54) is 34.8 Å². The molecule has 30 heavy (non-hydrogen) atoms. The third-order valence-corrected chi connectivity index (χ3v) is 5.50. The molecule has 0 spiro atoms. The largest absolute Gasteiger partial charge is 0.574 e. The SMILES string of the molecule is CC(Sc1cnn(C(C)(C)C)c(=O)c1Cl)c1ccc(C(F)=C(F)OC(F)(F)F)cc1. The van der Waals surface area contributed by atoms with Crippen molar-refractivity contribution in [1.82, 2.24) is 9.78 Å². The Balaban J connectivity index is 2.22. The second-order valence-electron chi connectivity index (χ2n) is 7.23. The molecule has 164 valence electrons. The van der Waals surface area contributed by atoms with Crippen LogP contribution in [0.2, 0.25) is 5.02 Å². The van der Waals surface area contributed by atoms with Gasteiger partial charge in [-0.1, -0.05) is 35.9 Å². The van der Waals surface area contributed by atoms with Crippen LogP contribution >= 0.6 is 23.4 Å². The Morgan fingerprint density at radius 3 is 2.23 bits per heavy atom. The highest BCUT2D eigenvalue weighted by atomic mass is 35.5. The number of ether oxygens (including phenoxy) is 1. The average Bonchev–Trinajstić information content (AvgIpc) is 2.62. The van der Waals surface area contributed by atoms with Crippen LogP contribution in [0.1, 0.15) is 44.1 Å². The Labute approximate surface area is 178 Å². The van der Waals surface area contributed by atoms with Gasteiger partial charge in [0.1, 0.15) is 5.02 Å². The first kappa shape index (κ1) is 24.2. The quantitative estimate of drug-likeness (QED) is 0.281. The lowest BCUT2D eigenvalue weighted by Crippen LogP contribution is -2.36. The van der Waals surface area contributed by atoms with Crippen LogP contribution in [0.3, 0.4) is 0 Å². The summed E-state index contributed by atoms with van der Waals surface area (Å²) in [7, 11) is 0. The maximum Gasteiger partial charge on any atom is 0.574 e. The van der Waals surface area contributed by atoms with Crippen LogP contribution < -0.4 is 5.56 Å². The standard InChI is InChI=1S/C19H18ClF5N2O2S/c1-10(30-13-9-26-27(18(2,3)4)17(28)14(13)20)11-5-7-12(8-6-11)15(21)16(22)29-19(23,24)25/h5-10H,1-4H3. The third kappa shape index (κ3) is 5.98. The Kier molecular flexibility index (Phi) is 7.24. The van der Waals surface area contributed by atoms with Crippen molar-refractivity contribution < 1.29 is 26.7 Å². The topological polar surface area (TPSA) is 44.1 Å². The predicted molar refractivity (Wildman–Crippen MR) is 105 cm³/mol. The van der Waals surface area contributed by atoms with Gasteiger partial charge in [0, 0.05) is 10.8 Å². The second kappa shape index (κ2) is 8.97. The van der Waals surface area contributed by atoms with E-state index in [4.69, 9.17) is 11.6 Å². The van der Waals surface area contributed by atoms with Crippen LogP contribution in [-0.2, 0) is 10.3 Å². The molecular weight excluding hydrogens is 451 g/mol. The molecule has 1 aromatic carbocycles. The van der Waals surface area contributed by atoms with Crippen LogP contribution in [0.4, 0.5) is 22.0 Å². The van der Waals surface area contributed by atoms with E-state index in [1.54, 1.807) is 6.92 Å². The number of aromatic nitrogens is 2. The molecule has 2 aromatic rings. The Morgan fingerprint density at radius 1 is 1.17 bits per heavy atom. The molecule has 0 aliphatic rings. The number of rotatable bonds is 5. The van der Waals surface area contributed by atoms with Crippen molar-refractivity contribution in [3.8, 4) is 0 Å². The predicted octanol–water partition coefficient (Wildman–Crippen LogP) is 6.61. The van der Waals surface area contributed by atoms with Crippen molar-refractivity contribution in [3.63, 3.8) is 0 Å². The highest BCUT2D eigenvalue weighted by Crippen LogP contribution is 2.38. The maximum absolute atomic E-state index is 13.8. The lowest BCUT2D eigenvalue weighted by Gasteiger charge is -2.21. The van der Waals surface area contributed by atoms with Crippen LogP contribution in [0.5, 0.6) is 0 Å². The Morgan fingerprint density at radius 2 is 1.73 bits per heavy atom. The van der Waals surface area contributed by atoms with Crippen LogP contribution in [0, 0.1) is 0 Å². The van der Waals surface area contributed by atoms with Crippen molar-refractivity contribution in [2.24, 2.45) is 0 Å². The van der Waals surface area contributed by atoms with Gasteiger partial charge in [-0.25, -0.2) is 4.68 Å². The molecule has 1 atom stereocenters. The fourth-order valence-electron chi connectivity index (χ4n) is 2.40. The molecule has 1 unspecified atom stereocenters. The lowest BCUT2D eigenvalue weighted by molar-refractivity contribution is -0.313. The molecular formula is C19H18ClF5N2O2S. The zero-order valence-electron chi connectivity index (χ0n) is 16.4. The maximum atomic E-state index is 13.8. The summed E-state index contributed by atoms with van der Waals surface area (Å²) >= 11 is 7.42. The van der Waals surface area contributed by atoms with Crippen LogP contribution in [0.25, 0.3) is 5.83 Å². The fourth-order valence-corrected chi connectivity index (χ4v) is 3.63. The third-order valence-electron chi connectivity index (χ3n) is 3.84. The minimum absolute atomic E-state index is 0.00810. The molecule has 1 aromatic heterocycles. The molecule has 4 nitrogen and oxygen atoms in total. The molecule has 0 amide bonds. The number of nitrogens with zero attached hydrogens (tertiary/aromatic N) is 2.